The van der Waals surface area contributed by atoms with Crippen molar-refractivity contribution in [3.05, 3.63) is 70.7 Å². The third-order valence-corrected chi connectivity index (χ3v) is 4.66. The normalized spacial score (nSPS) is 11.1. The third kappa shape index (κ3) is 3.19. The van der Waals surface area contributed by atoms with Gasteiger partial charge in [-0.3, -0.25) is 15.1 Å². The van der Waals surface area contributed by atoms with Crippen molar-refractivity contribution in [1.29, 1.82) is 0 Å². The predicted molar refractivity (Wildman–Crippen MR) is 106 cm³/mol. The fourth-order valence-electron chi connectivity index (χ4n) is 3.41. The van der Waals surface area contributed by atoms with Gasteiger partial charge in [-0.15, -0.1) is 0 Å². The zero-order valence-electron chi connectivity index (χ0n) is 14.9. The monoisotopic (exact) mass is 361 g/mol. The molecule has 4 rings (SSSR count). The molecule has 2 aromatic heterocycles. The van der Waals surface area contributed by atoms with Gasteiger partial charge in [0.05, 0.1) is 26.9 Å². The van der Waals surface area contributed by atoms with Crippen molar-refractivity contribution in [2.45, 2.75) is 19.9 Å². The Balaban J connectivity index is 1.50. The largest absolute Gasteiger partial charge is 0.379 e. The molecule has 0 fully saturated rings. The Kier molecular flexibility index (Phi) is 4.42. The minimum atomic E-state index is -0.347. The molecule has 0 aliphatic heterocycles. The van der Waals surface area contributed by atoms with E-state index in [9.17, 15) is 10.1 Å². The van der Waals surface area contributed by atoms with E-state index in [-0.39, 0.29) is 10.6 Å². The van der Waals surface area contributed by atoms with Gasteiger partial charge in [-0.2, -0.15) is 0 Å². The number of rotatable bonds is 6. The van der Waals surface area contributed by atoms with E-state index in [0.29, 0.717) is 23.1 Å². The fraction of sp³-hybridized carbons (Fsp3) is 0.200. The quantitative estimate of drug-likeness (QED) is 0.314. The summed E-state index contributed by atoms with van der Waals surface area (Å²) in [6.45, 7) is 3.41. The first-order valence-corrected chi connectivity index (χ1v) is 8.83. The van der Waals surface area contributed by atoms with Crippen LogP contribution in [-0.4, -0.2) is 26.0 Å². The van der Waals surface area contributed by atoms with Crippen LogP contribution in [0.2, 0.25) is 0 Å². The number of hydrogen-bond acceptors (Lipinski definition) is 5. The molecule has 2 heterocycles. The maximum Gasteiger partial charge on any atom is 0.301 e. The SMILES string of the molecule is Cc1nc2ccccc2n1CCCNc1ccc2ncccc2c1[N+](=O)[O-]. The Morgan fingerprint density at radius 1 is 1.11 bits per heavy atom. The first-order valence-electron chi connectivity index (χ1n) is 8.83. The highest BCUT2D eigenvalue weighted by molar-refractivity contribution is 5.94. The fourth-order valence-corrected chi connectivity index (χ4v) is 3.41. The van der Waals surface area contributed by atoms with E-state index in [2.05, 4.69) is 25.9 Å². The van der Waals surface area contributed by atoms with Crippen LogP contribution in [0.25, 0.3) is 21.9 Å². The van der Waals surface area contributed by atoms with Crippen molar-refractivity contribution in [3.8, 4) is 0 Å². The van der Waals surface area contributed by atoms with E-state index < -0.39 is 0 Å². The van der Waals surface area contributed by atoms with Gasteiger partial charge >= 0.3 is 5.69 Å². The van der Waals surface area contributed by atoms with E-state index in [0.717, 1.165) is 29.8 Å². The first kappa shape index (κ1) is 17.0. The second-order valence-electron chi connectivity index (χ2n) is 6.37. The Labute approximate surface area is 155 Å². The number of nitrogens with zero attached hydrogens (tertiary/aromatic N) is 4. The number of anilines is 1. The second kappa shape index (κ2) is 7.03. The van der Waals surface area contributed by atoms with Crippen molar-refractivity contribution in [2.24, 2.45) is 0 Å². The Morgan fingerprint density at radius 2 is 1.96 bits per heavy atom. The molecular formula is C20H19N5O2. The molecule has 0 atom stereocenters. The first-order chi connectivity index (χ1) is 13.1. The summed E-state index contributed by atoms with van der Waals surface area (Å²) in [6, 6.07) is 15.0. The van der Waals surface area contributed by atoms with Crippen LogP contribution in [0.3, 0.4) is 0 Å². The molecule has 27 heavy (non-hydrogen) atoms. The molecule has 7 nitrogen and oxygen atoms in total. The van der Waals surface area contributed by atoms with Gasteiger partial charge in [-0.1, -0.05) is 12.1 Å². The van der Waals surface area contributed by atoms with Crippen LogP contribution < -0.4 is 5.32 Å². The number of pyridine rings is 1. The number of para-hydroxylation sites is 2. The highest BCUT2D eigenvalue weighted by atomic mass is 16.6. The molecule has 0 aliphatic carbocycles. The van der Waals surface area contributed by atoms with Gasteiger partial charge in [0, 0.05) is 19.3 Å². The lowest BCUT2D eigenvalue weighted by molar-refractivity contribution is -0.382. The molecule has 0 radical (unpaired) electrons. The van der Waals surface area contributed by atoms with E-state index in [1.54, 1.807) is 30.5 Å². The van der Waals surface area contributed by atoms with Gasteiger partial charge in [0.15, 0.2) is 0 Å². The maximum atomic E-state index is 11.6. The Morgan fingerprint density at radius 3 is 2.81 bits per heavy atom. The van der Waals surface area contributed by atoms with Crippen LogP contribution in [0, 0.1) is 17.0 Å². The molecule has 7 heteroatoms. The highest BCUT2D eigenvalue weighted by Gasteiger charge is 2.18. The molecule has 0 unspecified atom stereocenters. The van der Waals surface area contributed by atoms with Crippen LogP contribution in [0.4, 0.5) is 11.4 Å². The zero-order valence-corrected chi connectivity index (χ0v) is 14.9. The summed E-state index contributed by atoms with van der Waals surface area (Å²) in [7, 11) is 0. The number of nitro benzene ring substituents is 1. The number of hydrogen-bond donors (Lipinski definition) is 1. The van der Waals surface area contributed by atoms with E-state index in [1.807, 2.05) is 25.1 Å². The zero-order chi connectivity index (χ0) is 18.8. The average Bonchev–Trinajstić information content (AvgIpc) is 2.99. The molecule has 4 aromatic rings. The van der Waals surface area contributed by atoms with Gasteiger partial charge in [0.2, 0.25) is 0 Å². The number of nitrogens with one attached hydrogen (secondary N) is 1. The van der Waals surface area contributed by atoms with Gasteiger partial charge in [-0.05, 0) is 49.7 Å². The lowest BCUT2D eigenvalue weighted by Crippen LogP contribution is -2.09. The number of aryl methyl sites for hydroxylation is 2. The lowest BCUT2D eigenvalue weighted by atomic mass is 10.1. The van der Waals surface area contributed by atoms with Crippen LogP contribution in [0.15, 0.2) is 54.7 Å². The Bertz CT molecular complexity index is 1140. The summed E-state index contributed by atoms with van der Waals surface area (Å²) in [5, 5.41) is 15.3. The molecule has 0 bridgehead atoms. The summed E-state index contributed by atoms with van der Waals surface area (Å²) in [4.78, 5) is 20.0. The lowest BCUT2D eigenvalue weighted by Gasteiger charge is -2.10. The summed E-state index contributed by atoms with van der Waals surface area (Å²) in [6.07, 6.45) is 2.46. The maximum absolute atomic E-state index is 11.6. The van der Waals surface area contributed by atoms with Crippen molar-refractivity contribution < 1.29 is 4.92 Å². The van der Waals surface area contributed by atoms with Crippen molar-refractivity contribution >= 4 is 33.3 Å². The number of benzene rings is 2. The van der Waals surface area contributed by atoms with Crippen LogP contribution >= 0.6 is 0 Å². The van der Waals surface area contributed by atoms with Crippen molar-refractivity contribution in [3.63, 3.8) is 0 Å². The smallest absolute Gasteiger partial charge is 0.301 e. The number of imidazole rings is 1. The molecule has 136 valence electrons. The van der Waals surface area contributed by atoms with Crippen molar-refractivity contribution in [2.75, 3.05) is 11.9 Å². The molecular weight excluding hydrogens is 342 g/mol. The van der Waals surface area contributed by atoms with Crippen LogP contribution in [-0.2, 0) is 6.54 Å². The summed E-state index contributed by atoms with van der Waals surface area (Å²) >= 11 is 0. The van der Waals surface area contributed by atoms with E-state index in [4.69, 9.17) is 0 Å². The average molecular weight is 361 g/mol. The summed E-state index contributed by atoms with van der Waals surface area (Å²) in [5.74, 6) is 0.971. The minimum Gasteiger partial charge on any atom is -0.379 e. The summed E-state index contributed by atoms with van der Waals surface area (Å²) < 4.78 is 2.18. The highest BCUT2D eigenvalue weighted by Crippen LogP contribution is 2.32. The predicted octanol–water partition coefficient (Wildman–Crippen LogP) is 4.30. The molecule has 0 amide bonds. The van der Waals surface area contributed by atoms with Gasteiger partial charge in [-0.25, -0.2) is 4.98 Å². The molecule has 0 saturated heterocycles. The number of aromatic nitrogens is 3. The van der Waals surface area contributed by atoms with Crippen LogP contribution in [0.5, 0.6) is 0 Å². The molecule has 0 spiro atoms. The number of nitro groups is 1. The molecule has 1 N–H and O–H groups in total. The van der Waals surface area contributed by atoms with Gasteiger partial charge in [0.25, 0.3) is 0 Å². The second-order valence-corrected chi connectivity index (χ2v) is 6.37. The number of fused-ring (bicyclic) bond motifs is 2. The van der Waals surface area contributed by atoms with Crippen LogP contribution in [0.1, 0.15) is 12.2 Å². The minimum absolute atomic E-state index is 0.0739. The third-order valence-electron chi connectivity index (χ3n) is 4.66. The topological polar surface area (TPSA) is 85.9 Å². The van der Waals surface area contributed by atoms with E-state index in [1.165, 1.54) is 0 Å². The molecule has 0 saturated carbocycles. The van der Waals surface area contributed by atoms with E-state index >= 15 is 0 Å². The standard InChI is InChI=1S/C20H19N5O2/c1-14-23-17-7-2-3-8-19(17)24(14)13-5-12-22-18-10-9-16-15(6-4-11-21-16)20(18)25(26)27/h2-4,6-11,22H,5,12-13H2,1H3. The van der Waals surface area contributed by atoms with Gasteiger partial charge in [0.1, 0.15) is 11.5 Å². The summed E-state index contributed by atoms with van der Waals surface area (Å²) in [5.41, 5.74) is 3.31. The Hall–Kier alpha value is -3.48. The molecule has 0 aliphatic rings. The van der Waals surface area contributed by atoms with Crippen molar-refractivity contribution in [1.82, 2.24) is 14.5 Å². The molecule has 2 aromatic carbocycles. The van der Waals surface area contributed by atoms with Gasteiger partial charge < -0.3 is 9.88 Å².